The van der Waals surface area contributed by atoms with Gasteiger partial charge in [-0.25, -0.2) is 0 Å². The predicted octanol–water partition coefficient (Wildman–Crippen LogP) is 3.42. The van der Waals surface area contributed by atoms with E-state index in [4.69, 9.17) is 0 Å². The van der Waals surface area contributed by atoms with Gasteiger partial charge in [0, 0.05) is 12.1 Å². The van der Waals surface area contributed by atoms with E-state index in [2.05, 4.69) is 24.2 Å². The van der Waals surface area contributed by atoms with Crippen molar-refractivity contribution in [3.05, 3.63) is 0 Å². The Morgan fingerprint density at radius 2 is 1.83 bits per heavy atom. The average Bonchev–Trinajstić information content (AvgIpc) is 2.65. The van der Waals surface area contributed by atoms with Gasteiger partial charge in [0.1, 0.15) is 0 Å². The van der Waals surface area contributed by atoms with Crippen molar-refractivity contribution < 1.29 is 0 Å². The number of likely N-dealkylation sites (N-methyl/N-ethyl adjacent to an activating group) is 1. The number of hydrogen-bond acceptors (Lipinski definition) is 2. The molecule has 106 valence electrons. The summed E-state index contributed by atoms with van der Waals surface area (Å²) in [6.07, 6.45) is 12.8. The Labute approximate surface area is 114 Å². The molecule has 1 saturated carbocycles. The maximum absolute atomic E-state index is 3.57. The van der Waals surface area contributed by atoms with Crippen LogP contribution < -0.4 is 5.32 Å². The van der Waals surface area contributed by atoms with Crippen LogP contribution in [0.2, 0.25) is 0 Å². The minimum absolute atomic E-state index is 0.751. The number of nitrogens with zero attached hydrogens (tertiary/aromatic N) is 1. The van der Waals surface area contributed by atoms with Gasteiger partial charge in [-0.3, -0.25) is 4.90 Å². The largest absolute Gasteiger partial charge is 0.315 e. The van der Waals surface area contributed by atoms with Gasteiger partial charge < -0.3 is 5.32 Å². The van der Waals surface area contributed by atoms with Gasteiger partial charge in [0.25, 0.3) is 0 Å². The van der Waals surface area contributed by atoms with E-state index in [-0.39, 0.29) is 0 Å². The Bertz CT molecular complexity index is 229. The molecule has 2 aliphatic rings. The first-order valence-electron chi connectivity index (χ1n) is 8.26. The number of nitrogens with one attached hydrogen (secondary N) is 1. The standard InChI is InChI=1S/C16H32N2/c1-3-7-14-8-6-12-18(13-11-14)16-10-5-4-9-15(16)17-2/h14-17H,3-13H2,1-2H3. The summed E-state index contributed by atoms with van der Waals surface area (Å²) in [7, 11) is 2.15. The van der Waals surface area contributed by atoms with E-state index in [1.54, 1.807) is 0 Å². The summed E-state index contributed by atoms with van der Waals surface area (Å²) in [6, 6.07) is 1.57. The average molecular weight is 252 g/mol. The second kappa shape index (κ2) is 7.49. The Morgan fingerprint density at radius 1 is 1.00 bits per heavy atom. The third-order valence-electron chi connectivity index (χ3n) is 5.15. The van der Waals surface area contributed by atoms with Crippen molar-refractivity contribution in [3.8, 4) is 0 Å². The molecule has 0 spiro atoms. The van der Waals surface area contributed by atoms with Crippen LogP contribution in [0.3, 0.4) is 0 Å². The molecule has 3 atom stereocenters. The van der Waals surface area contributed by atoms with Crippen LogP contribution in [0.15, 0.2) is 0 Å². The molecule has 3 unspecified atom stereocenters. The highest BCUT2D eigenvalue weighted by Crippen LogP contribution is 2.28. The molecule has 0 aromatic heterocycles. The lowest BCUT2D eigenvalue weighted by atomic mass is 9.89. The van der Waals surface area contributed by atoms with Gasteiger partial charge in [-0.15, -0.1) is 0 Å². The minimum atomic E-state index is 0.751. The molecule has 1 aliphatic carbocycles. The fraction of sp³-hybridized carbons (Fsp3) is 1.00. The SMILES string of the molecule is CCCC1CCCN(C2CCCCC2NC)CC1. The summed E-state index contributed by atoms with van der Waals surface area (Å²) in [4.78, 5) is 2.82. The van der Waals surface area contributed by atoms with Crippen LogP contribution in [-0.4, -0.2) is 37.1 Å². The first-order valence-corrected chi connectivity index (χ1v) is 8.26. The molecule has 0 bridgehead atoms. The molecule has 0 amide bonds. The molecule has 0 aromatic rings. The normalized spacial score (nSPS) is 35.3. The van der Waals surface area contributed by atoms with Crippen LogP contribution in [0.5, 0.6) is 0 Å². The van der Waals surface area contributed by atoms with Crippen LogP contribution in [0.1, 0.15) is 64.7 Å². The smallest absolute Gasteiger partial charge is 0.0249 e. The summed E-state index contributed by atoms with van der Waals surface area (Å²) in [5, 5.41) is 3.57. The van der Waals surface area contributed by atoms with Crippen LogP contribution >= 0.6 is 0 Å². The molecular formula is C16H32N2. The molecule has 1 heterocycles. The van der Waals surface area contributed by atoms with Gasteiger partial charge in [-0.05, 0) is 58.2 Å². The molecule has 0 aromatic carbocycles. The first kappa shape index (κ1) is 14.3. The summed E-state index contributed by atoms with van der Waals surface area (Å²) in [6.45, 7) is 5.04. The Kier molecular flexibility index (Phi) is 5.97. The van der Waals surface area contributed by atoms with E-state index in [1.165, 1.54) is 70.9 Å². The quantitative estimate of drug-likeness (QED) is 0.825. The van der Waals surface area contributed by atoms with Crippen molar-refractivity contribution in [2.24, 2.45) is 5.92 Å². The van der Waals surface area contributed by atoms with E-state index in [0.717, 1.165) is 18.0 Å². The van der Waals surface area contributed by atoms with Gasteiger partial charge in [0.2, 0.25) is 0 Å². The molecule has 1 saturated heterocycles. The number of hydrogen-bond donors (Lipinski definition) is 1. The third-order valence-corrected chi connectivity index (χ3v) is 5.15. The Morgan fingerprint density at radius 3 is 2.61 bits per heavy atom. The fourth-order valence-corrected chi connectivity index (χ4v) is 4.10. The van der Waals surface area contributed by atoms with Crippen molar-refractivity contribution in [3.63, 3.8) is 0 Å². The molecule has 2 fully saturated rings. The van der Waals surface area contributed by atoms with Gasteiger partial charge in [0.15, 0.2) is 0 Å². The zero-order valence-corrected chi connectivity index (χ0v) is 12.5. The van der Waals surface area contributed by atoms with Gasteiger partial charge in [-0.2, -0.15) is 0 Å². The van der Waals surface area contributed by atoms with Gasteiger partial charge in [0.05, 0.1) is 0 Å². The highest BCUT2D eigenvalue weighted by Gasteiger charge is 2.30. The number of likely N-dealkylation sites (tertiary alicyclic amines) is 1. The zero-order chi connectivity index (χ0) is 12.8. The third kappa shape index (κ3) is 3.71. The highest BCUT2D eigenvalue weighted by molar-refractivity contribution is 4.88. The maximum Gasteiger partial charge on any atom is 0.0249 e. The Hall–Kier alpha value is -0.0800. The highest BCUT2D eigenvalue weighted by atomic mass is 15.2. The van der Waals surface area contributed by atoms with E-state index >= 15 is 0 Å². The molecule has 1 aliphatic heterocycles. The van der Waals surface area contributed by atoms with E-state index < -0.39 is 0 Å². The molecule has 2 nitrogen and oxygen atoms in total. The van der Waals surface area contributed by atoms with E-state index in [0.29, 0.717) is 0 Å². The molecule has 18 heavy (non-hydrogen) atoms. The van der Waals surface area contributed by atoms with Gasteiger partial charge >= 0.3 is 0 Å². The lowest BCUT2D eigenvalue weighted by Crippen LogP contribution is -2.51. The summed E-state index contributed by atoms with van der Waals surface area (Å²) in [5.41, 5.74) is 0. The summed E-state index contributed by atoms with van der Waals surface area (Å²) < 4.78 is 0. The maximum atomic E-state index is 3.57. The lowest BCUT2D eigenvalue weighted by molar-refractivity contribution is 0.128. The second-order valence-electron chi connectivity index (χ2n) is 6.37. The predicted molar refractivity (Wildman–Crippen MR) is 78.9 cm³/mol. The van der Waals surface area contributed by atoms with Crippen LogP contribution in [0.25, 0.3) is 0 Å². The molecule has 2 heteroatoms. The topological polar surface area (TPSA) is 15.3 Å². The van der Waals surface area contributed by atoms with Crippen molar-refractivity contribution in [2.45, 2.75) is 76.8 Å². The van der Waals surface area contributed by atoms with Gasteiger partial charge in [-0.1, -0.05) is 32.6 Å². The van der Waals surface area contributed by atoms with Crippen LogP contribution in [0.4, 0.5) is 0 Å². The molecule has 1 N–H and O–H groups in total. The molecule has 0 radical (unpaired) electrons. The molecular weight excluding hydrogens is 220 g/mol. The molecule has 2 rings (SSSR count). The summed E-state index contributed by atoms with van der Waals surface area (Å²) in [5.74, 6) is 1.01. The van der Waals surface area contributed by atoms with Crippen LogP contribution in [-0.2, 0) is 0 Å². The van der Waals surface area contributed by atoms with Crippen molar-refractivity contribution in [2.75, 3.05) is 20.1 Å². The summed E-state index contributed by atoms with van der Waals surface area (Å²) >= 11 is 0. The monoisotopic (exact) mass is 252 g/mol. The van der Waals surface area contributed by atoms with Crippen molar-refractivity contribution in [1.29, 1.82) is 0 Å². The van der Waals surface area contributed by atoms with E-state index in [9.17, 15) is 0 Å². The zero-order valence-electron chi connectivity index (χ0n) is 12.5. The van der Waals surface area contributed by atoms with Crippen molar-refractivity contribution in [1.82, 2.24) is 10.2 Å². The lowest BCUT2D eigenvalue weighted by Gasteiger charge is -2.39. The Balaban J connectivity index is 1.87. The number of rotatable bonds is 4. The second-order valence-corrected chi connectivity index (χ2v) is 6.37. The van der Waals surface area contributed by atoms with Crippen molar-refractivity contribution >= 4 is 0 Å². The minimum Gasteiger partial charge on any atom is -0.315 e. The fourth-order valence-electron chi connectivity index (χ4n) is 4.10. The first-order chi connectivity index (χ1) is 8.85. The van der Waals surface area contributed by atoms with E-state index in [1.807, 2.05) is 0 Å². The van der Waals surface area contributed by atoms with Crippen LogP contribution in [0, 0.1) is 5.92 Å².